The molecule has 6 rings (SSSR count). The molecule has 2 saturated carbocycles. The van der Waals surface area contributed by atoms with E-state index in [1.165, 1.54) is 153 Å². The van der Waals surface area contributed by atoms with Crippen molar-refractivity contribution in [2.45, 2.75) is 103 Å². The quantitative estimate of drug-likeness (QED) is 0.0404. The first-order valence-corrected chi connectivity index (χ1v) is 26.4. The largest absolute Gasteiger partial charge is 2.00 e. The topological polar surface area (TPSA) is 246 Å². The predicted octanol–water partition coefficient (Wildman–Crippen LogP) is 8.02. The minimum Gasteiger partial charge on any atom is -0.872 e. The Kier molecular flexibility index (Phi) is 42.2. The zero-order valence-electron chi connectivity index (χ0n) is 45.0. The van der Waals surface area contributed by atoms with E-state index < -0.39 is 46.9 Å². The molecule has 0 aliphatic heterocycles. The van der Waals surface area contributed by atoms with Crippen molar-refractivity contribution in [3.63, 3.8) is 0 Å². The number of esters is 4. The van der Waals surface area contributed by atoms with Gasteiger partial charge in [0, 0.05) is 24.2 Å². The molecule has 4 N–H and O–H groups in total. The van der Waals surface area contributed by atoms with Gasteiger partial charge in [0.25, 0.3) is 0 Å². The Morgan fingerprint density at radius 2 is 0.579 bits per heavy atom. The summed E-state index contributed by atoms with van der Waals surface area (Å²) in [6.07, 6.45) is 11.0. The molecule has 4 aromatic carbocycles. The van der Waals surface area contributed by atoms with E-state index in [2.05, 4.69) is 67.9 Å². The van der Waals surface area contributed by atoms with Gasteiger partial charge in [0.15, 0.2) is 0 Å². The van der Waals surface area contributed by atoms with Gasteiger partial charge in [-0.3, -0.25) is 0 Å². The Balaban J connectivity index is 0. The third kappa shape index (κ3) is 25.8. The normalized spacial score (nSPS) is 15.9. The molecule has 0 bridgehead atoms. The number of likely N-dealkylation sites (N-methyl/N-ethyl adjacent to an activating group) is 4. The summed E-state index contributed by atoms with van der Waals surface area (Å²) < 4.78 is 18.3. The molecule has 22 heteroatoms. The van der Waals surface area contributed by atoms with Gasteiger partial charge in [0.2, 0.25) is 0 Å². The van der Waals surface area contributed by atoms with Crippen LogP contribution in [0.2, 0.25) is 0 Å². The van der Waals surface area contributed by atoms with Gasteiger partial charge < -0.3 is 60.6 Å². The van der Waals surface area contributed by atoms with Crippen LogP contribution in [0.4, 0.5) is 0 Å². The van der Waals surface area contributed by atoms with Gasteiger partial charge in [-0.25, -0.2) is 19.2 Å². The van der Waals surface area contributed by atoms with Crippen LogP contribution in [0.15, 0.2) is 72.8 Å². The SMILES string of the molecule is CCN[C@@H]1CCCC[C@H]1NCC.CCN[C@@H]1CCCC[C@H]1NCC.COC(=O)c1ccc([O-])c(-c2cc(C(=O)OC)ccc2[O-])c1.COC(=O)c1ccc([O-])c(-c2cc(C(=O)OC)ccc2[O-])c1.ClCCl.ClCCl.[Zn+2].[Zn+2]. The fourth-order valence-electron chi connectivity index (χ4n) is 8.23. The fourth-order valence-corrected chi connectivity index (χ4v) is 8.23. The maximum Gasteiger partial charge on any atom is 2.00 e. The molecule has 0 aromatic heterocycles. The van der Waals surface area contributed by atoms with Crippen molar-refractivity contribution in [1.82, 2.24) is 21.3 Å². The Labute approximate surface area is 494 Å². The zero-order valence-corrected chi connectivity index (χ0v) is 53.9. The molecule has 2 aliphatic rings. The number of carbonyl (C=O) groups is 4. The zero-order chi connectivity index (χ0) is 55.6. The van der Waals surface area contributed by atoms with Gasteiger partial charge in [0.1, 0.15) is 0 Å². The van der Waals surface area contributed by atoms with Gasteiger partial charge in [-0.2, -0.15) is 0 Å². The van der Waals surface area contributed by atoms with Crippen LogP contribution >= 0.6 is 46.4 Å². The smallest absolute Gasteiger partial charge is 0.872 e. The van der Waals surface area contributed by atoms with Crippen LogP contribution in [-0.2, 0) is 57.9 Å². The van der Waals surface area contributed by atoms with Crippen LogP contribution in [0.3, 0.4) is 0 Å². The molecular weight excluding hydrogens is 1170 g/mol. The first-order valence-electron chi connectivity index (χ1n) is 24.3. The van der Waals surface area contributed by atoms with Crippen molar-refractivity contribution in [2.24, 2.45) is 0 Å². The summed E-state index contributed by atoms with van der Waals surface area (Å²) in [6.45, 7) is 13.2. The van der Waals surface area contributed by atoms with E-state index in [0.29, 0.717) is 0 Å². The van der Waals surface area contributed by atoms with Crippen LogP contribution in [0.25, 0.3) is 22.3 Å². The van der Waals surface area contributed by atoms with Crippen LogP contribution in [-0.4, -0.2) is 113 Å². The first kappa shape index (κ1) is 74.3. The minimum absolute atomic E-state index is 0. The molecular formula is C54H72Cl4N4O12Zn2. The fraction of sp³-hybridized carbons (Fsp3) is 0.481. The van der Waals surface area contributed by atoms with Crippen molar-refractivity contribution >= 4 is 70.3 Å². The molecule has 2 aliphatic carbocycles. The van der Waals surface area contributed by atoms with Gasteiger partial charge in [-0.05, 0) is 123 Å². The molecule has 4 aromatic rings. The number of benzene rings is 4. The second kappa shape index (κ2) is 43.1. The average Bonchev–Trinajstić information content (AvgIpc) is 3.41. The second-order valence-corrected chi connectivity index (χ2v) is 17.9. The number of nitrogens with one attached hydrogen (secondary N) is 4. The van der Waals surface area contributed by atoms with E-state index in [0.717, 1.165) is 50.3 Å². The number of hydrogen-bond donors (Lipinski definition) is 4. The summed E-state index contributed by atoms with van der Waals surface area (Å²) in [5, 5.41) is 62.5. The summed E-state index contributed by atoms with van der Waals surface area (Å²) >= 11 is 19.1. The molecule has 0 radical (unpaired) electrons. The summed E-state index contributed by atoms with van der Waals surface area (Å²) in [6, 6.07) is 17.9. The second-order valence-electron chi connectivity index (χ2n) is 16.2. The predicted molar refractivity (Wildman–Crippen MR) is 287 cm³/mol. The molecule has 0 unspecified atom stereocenters. The summed E-state index contributed by atoms with van der Waals surface area (Å²) in [5.41, 5.74) is 0.662. The minimum atomic E-state index is -0.627. The number of alkyl halides is 4. The molecule has 4 atom stereocenters. The van der Waals surface area contributed by atoms with E-state index in [1.807, 2.05) is 0 Å². The van der Waals surface area contributed by atoms with Crippen molar-refractivity contribution in [3.05, 3.63) is 95.1 Å². The number of rotatable bonds is 14. The standard InChI is InChI=1S/2C16H14O6.2C10H22N2.2CH2Cl2.2Zn/c2*1-21-15(19)9-3-5-13(17)11(7-9)12-8-10(16(20)22-2)4-6-14(12)18;2*1-3-11-9-7-5-6-8-10(9)12-4-2;2*2-1-3;;/h2*3-8,17-18H,1-2H3;2*9-12H,3-8H2,1-2H3;2*1H2;;/q;;;;;;2*+2/p-4/t;;2*9-,10-;;;;/m..11..../s1. The molecule has 0 saturated heterocycles. The molecule has 0 heterocycles. The van der Waals surface area contributed by atoms with Crippen LogP contribution in [0, 0.1) is 0 Å². The Hall–Kier alpha value is -3.79. The number of ether oxygens (including phenoxy) is 4. The van der Waals surface area contributed by atoms with Gasteiger partial charge >= 0.3 is 62.8 Å². The van der Waals surface area contributed by atoms with Crippen LogP contribution < -0.4 is 41.7 Å². The van der Waals surface area contributed by atoms with E-state index >= 15 is 0 Å². The van der Waals surface area contributed by atoms with E-state index in [9.17, 15) is 39.6 Å². The molecule has 16 nitrogen and oxygen atoms in total. The van der Waals surface area contributed by atoms with E-state index in [1.54, 1.807) is 0 Å². The maximum absolute atomic E-state index is 12.0. The van der Waals surface area contributed by atoms with Crippen molar-refractivity contribution < 1.29 is 97.5 Å². The van der Waals surface area contributed by atoms with Crippen LogP contribution in [0.1, 0.15) is 120 Å². The molecule has 0 spiro atoms. The Bertz CT molecular complexity index is 1990. The first-order chi connectivity index (χ1) is 35.5. The summed E-state index contributed by atoms with van der Waals surface area (Å²) in [7, 11) is 4.85. The number of methoxy groups -OCH3 is 4. The number of hydrogen-bond acceptors (Lipinski definition) is 16. The third-order valence-electron chi connectivity index (χ3n) is 11.6. The molecule has 0 amide bonds. The molecule has 2 fully saturated rings. The van der Waals surface area contributed by atoms with E-state index in [-0.39, 0.29) is 94.1 Å². The average molecular weight is 1240 g/mol. The van der Waals surface area contributed by atoms with Gasteiger partial charge in [-0.1, -0.05) is 77.6 Å². The Morgan fingerprint density at radius 1 is 0.408 bits per heavy atom. The van der Waals surface area contributed by atoms with Crippen molar-refractivity contribution in [2.75, 3.05) is 65.3 Å². The summed E-state index contributed by atoms with van der Waals surface area (Å²) in [5.74, 6) is -4.26. The maximum atomic E-state index is 12.0. The third-order valence-corrected chi connectivity index (χ3v) is 11.6. The number of carbonyl (C=O) groups excluding carboxylic acids is 4. The van der Waals surface area contributed by atoms with Gasteiger partial charge in [-0.15, -0.1) is 69.4 Å². The monoisotopic (exact) mass is 1240 g/mol. The molecule has 412 valence electrons. The number of halogens is 4. The van der Waals surface area contributed by atoms with Crippen LogP contribution in [0.5, 0.6) is 23.0 Å². The summed E-state index contributed by atoms with van der Waals surface area (Å²) in [4.78, 5) is 46.2. The van der Waals surface area contributed by atoms with E-state index in [4.69, 9.17) is 46.4 Å². The Morgan fingerprint density at radius 3 is 0.724 bits per heavy atom. The van der Waals surface area contributed by atoms with Crippen molar-refractivity contribution in [1.29, 1.82) is 0 Å². The van der Waals surface area contributed by atoms with Gasteiger partial charge in [0.05, 0.1) is 61.4 Å². The van der Waals surface area contributed by atoms with Crippen molar-refractivity contribution in [3.8, 4) is 45.3 Å². The molecule has 76 heavy (non-hydrogen) atoms.